The van der Waals surface area contributed by atoms with Gasteiger partial charge >= 0.3 is 0 Å². The summed E-state index contributed by atoms with van der Waals surface area (Å²) in [5, 5.41) is 8.46. The van der Waals surface area contributed by atoms with E-state index in [4.69, 9.17) is 11.6 Å². The van der Waals surface area contributed by atoms with Crippen LogP contribution >= 0.6 is 11.6 Å². The molecule has 0 fully saturated rings. The molecule has 3 atom stereocenters. The number of carbonyl (C=O) groups is 6. The Balaban J connectivity index is 4.99. The Bertz CT molecular complexity index is 760. The summed E-state index contributed by atoms with van der Waals surface area (Å²) in [5.41, 5.74) is 2.35. The van der Waals surface area contributed by atoms with Crippen LogP contribution in [-0.4, -0.2) is 90.0 Å². The van der Waals surface area contributed by atoms with Crippen LogP contribution in [0.15, 0.2) is 0 Å². The summed E-state index contributed by atoms with van der Waals surface area (Å²) in [7, 11) is 3.13. The highest BCUT2D eigenvalue weighted by Crippen LogP contribution is 2.05. The fourth-order valence-corrected chi connectivity index (χ4v) is 2.85. The summed E-state index contributed by atoms with van der Waals surface area (Å²) in [5.74, 6) is -3.38. The normalized spacial score (nSPS) is 13.2. The Kier molecular flexibility index (Phi) is 13.8. The first-order chi connectivity index (χ1) is 15.7. The number of hydrogen-bond donors (Lipinski definition) is 4. The maximum atomic E-state index is 12.5. The molecule has 0 unspecified atom stereocenters. The average molecular weight is 505 g/mol. The van der Waals surface area contributed by atoms with E-state index in [1.54, 1.807) is 14.1 Å². The number of rotatable bonds is 12. The van der Waals surface area contributed by atoms with Gasteiger partial charge in [-0.15, -0.1) is 11.6 Å². The minimum Gasteiger partial charge on any atom is -0.349 e. The lowest BCUT2D eigenvalue weighted by atomic mass is 10.0. The second-order valence-electron chi connectivity index (χ2n) is 8.54. The molecule has 0 saturated carbocycles. The van der Waals surface area contributed by atoms with Crippen LogP contribution in [0.2, 0.25) is 0 Å². The van der Waals surface area contributed by atoms with E-state index in [0.29, 0.717) is 6.42 Å². The number of nitrogens with zero attached hydrogens (tertiary/aromatic N) is 2. The highest BCUT2D eigenvalue weighted by atomic mass is 35.5. The standard InChI is InChI=1S/C21H37ClN6O6/c1-12(2)10-16(25-15(5)29)21(34)24-13(3)19(32)23-14(4)20(33)26-28(18(31)11-22)9-8-17(30)27(6)7/h12-14,16H,8-11H2,1-7H3,(H,23,32)(H,24,34)(H,25,29)(H,26,33)/t13-,14-,16-/m0/s1. The number of amides is 6. The van der Waals surface area contributed by atoms with Gasteiger partial charge in [0.1, 0.15) is 24.0 Å². The van der Waals surface area contributed by atoms with Crippen molar-refractivity contribution in [3.63, 3.8) is 0 Å². The van der Waals surface area contributed by atoms with Gasteiger partial charge in [-0.3, -0.25) is 39.2 Å². The third kappa shape index (κ3) is 11.8. The van der Waals surface area contributed by atoms with Gasteiger partial charge < -0.3 is 20.9 Å². The summed E-state index contributed by atoms with van der Waals surface area (Å²) in [6.07, 6.45) is 0.352. The first-order valence-electron chi connectivity index (χ1n) is 10.9. The quantitative estimate of drug-likeness (QED) is 0.200. The number of hydrogen-bond acceptors (Lipinski definition) is 6. The minimum atomic E-state index is -1.07. The summed E-state index contributed by atoms with van der Waals surface area (Å²) in [6, 6.07) is -2.86. The molecule has 34 heavy (non-hydrogen) atoms. The van der Waals surface area contributed by atoms with Crippen molar-refractivity contribution in [3.05, 3.63) is 0 Å². The lowest BCUT2D eigenvalue weighted by Gasteiger charge is -2.26. The van der Waals surface area contributed by atoms with Crippen molar-refractivity contribution in [2.45, 2.75) is 65.6 Å². The monoisotopic (exact) mass is 504 g/mol. The van der Waals surface area contributed by atoms with E-state index in [2.05, 4.69) is 21.4 Å². The van der Waals surface area contributed by atoms with Crippen LogP contribution in [0, 0.1) is 5.92 Å². The lowest BCUT2D eigenvalue weighted by molar-refractivity contribution is -0.142. The van der Waals surface area contributed by atoms with Gasteiger partial charge in [0.2, 0.25) is 23.6 Å². The van der Waals surface area contributed by atoms with Gasteiger partial charge in [-0.25, -0.2) is 0 Å². The first-order valence-corrected chi connectivity index (χ1v) is 11.5. The maximum absolute atomic E-state index is 12.5. The van der Waals surface area contributed by atoms with Gasteiger partial charge in [-0.2, -0.15) is 0 Å². The molecule has 4 N–H and O–H groups in total. The molecule has 0 heterocycles. The molecule has 194 valence electrons. The molecular formula is C21H37ClN6O6. The molecule has 6 amide bonds. The number of halogens is 1. The number of hydrazine groups is 1. The molecule has 0 bridgehead atoms. The summed E-state index contributed by atoms with van der Waals surface area (Å²) < 4.78 is 0. The molecule has 0 aliphatic rings. The van der Waals surface area contributed by atoms with E-state index in [1.807, 2.05) is 13.8 Å². The highest BCUT2D eigenvalue weighted by Gasteiger charge is 2.27. The molecular weight excluding hydrogens is 468 g/mol. The van der Waals surface area contributed by atoms with Crippen molar-refractivity contribution in [3.8, 4) is 0 Å². The number of carbonyl (C=O) groups excluding carboxylic acids is 6. The Morgan fingerprint density at radius 2 is 1.32 bits per heavy atom. The van der Waals surface area contributed by atoms with Crippen molar-refractivity contribution in [1.29, 1.82) is 0 Å². The van der Waals surface area contributed by atoms with E-state index in [9.17, 15) is 28.8 Å². The van der Waals surface area contributed by atoms with Crippen LogP contribution in [0.1, 0.15) is 47.5 Å². The predicted molar refractivity (Wildman–Crippen MR) is 126 cm³/mol. The van der Waals surface area contributed by atoms with Crippen LogP contribution < -0.4 is 21.4 Å². The third-order valence-corrected chi connectivity index (χ3v) is 4.84. The second-order valence-corrected chi connectivity index (χ2v) is 8.80. The highest BCUT2D eigenvalue weighted by molar-refractivity contribution is 6.27. The van der Waals surface area contributed by atoms with E-state index in [0.717, 1.165) is 5.01 Å². The SMILES string of the molecule is CC(=O)N[C@@H](CC(C)C)C(=O)N[C@@H](C)C(=O)N[C@@H](C)C(=O)NN(CCC(=O)N(C)C)C(=O)CCl. The van der Waals surface area contributed by atoms with Crippen molar-refractivity contribution in [1.82, 2.24) is 31.3 Å². The Morgan fingerprint density at radius 1 is 0.794 bits per heavy atom. The topological polar surface area (TPSA) is 157 Å². The zero-order chi connectivity index (χ0) is 26.6. The van der Waals surface area contributed by atoms with Gasteiger partial charge in [0, 0.05) is 27.4 Å². The molecule has 0 aliphatic heterocycles. The number of alkyl halides is 1. The van der Waals surface area contributed by atoms with Gasteiger partial charge in [0.05, 0.1) is 6.54 Å². The fourth-order valence-electron chi connectivity index (χ4n) is 2.71. The van der Waals surface area contributed by atoms with Crippen molar-refractivity contribution in [2.24, 2.45) is 5.92 Å². The van der Waals surface area contributed by atoms with Crippen molar-refractivity contribution < 1.29 is 28.8 Å². The molecule has 0 rings (SSSR count). The molecule has 0 spiro atoms. The molecule has 0 aromatic carbocycles. The van der Waals surface area contributed by atoms with E-state index in [-0.39, 0.29) is 30.7 Å². The van der Waals surface area contributed by atoms with Crippen LogP contribution in [0.4, 0.5) is 0 Å². The molecule has 0 aromatic heterocycles. The molecule has 0 aliphatic carbocycles. The smallest absolute Gasteiger partial charge is 0.260 e. The lowest BCUT2D eigenvalue weighted by Crippen LogP contribution is -2.57. The minimum absolute atomic E-state index is 0.0362. The summed E-state index contributed by atoms with van der Waals surface area (Å²) >= 11 is 5.58. The predicted octanol–water partition coefficient (Wildman–Crippen LogP) is -0.876. The zero-order valence-corrected chi connectivity index (χ0v) is 21.6. The van der Waals surface area contributed by atoms with Crippen molar-refractivity contribution in [2.75, 3.05) is 26.5 Å². The molecule has 0 radical (unpaired) electrons. The fraction of sp³-hybridized carbons (Fsp3) is 0.714. The van der Waals surface area contributed by atoms with Gasteiger partial charge in [-0.1, -0.05) is 13.8 Å². The van der Waals surface area contributed by atoms with Crippen LogP contribution in [0.25, 0.3) is 0 Å². The summed E-state index contributed by atoms with van der Waals surface area (Å²) in [6.45, 7) is 7.83. The van der Waals surface area contributed by atoms with Gasteiger partial charge in [0.25, 0.3) is 11.8 Å². The molecule has 0 saturated heterocycles. The van der Waals surface area contributed by atoms with E-state index >= 15 is 0 Å². The number of nitrogens with one attached hydrogen (secondary N) is 4. The van der Waals surface area contributed by atoms with Crippen LogP contribution in [-0.2, 0) is 28.8 Å². The van der Waals surface area contributed by atoms with Gasteiger partial charge in [0.15, 0.2) is 0 Å². The zero-order valence-electron chi connectivity index (χ0n) is 20.9. The molecule has 0 aromatic rings. The van der Waals surface area contributed by atoms with Crippen LogP contribution in [0.3, 0.4) is 0 Å². The Morgan fingerprint density at radius 3 is 1.79 bits per heavy atom. The average Bonchev–Trinajstić information content (AvgIpc) is 2.73. The van der Waals surface area contributed by atoms with E-state index in [1.165, 1.54) is 25.7 Å². The molecule has 13 heteroatoms. The Labute approximate surface area is 205 Å². The van der Waals surface area contributed by atoms with E-state index < -0.39 is 47.6 Å². The van der Waals surface area contributed by atoms with Crippen LogP contribution in [0.5, 0.6) is 0 Å². The summed E-state index contributed by atoms with van der Waals surface area (Å²) in [4.78, 5) is 74.0. The van der Waals surface area contributed by atoms with Crippen molar-refractivity contribution >= 4 is 47.0 Å². The third-order valence-electron chi connectivity index (χ3n) is 4.61. The second kappa shape index (κ2) is 15.1. The van der Waals surface area contributed by atoms with Gasteiger partial charge in [-0.05, 0) is 26.2 Å². The largest absolute Gasteiger partial charge is 0.349 e. The first kappa shape index (κ1) is 31.1. The Hall–Kier alpha value is -2.89. The molecule has 12 nitrogen and oxygen atoms in total. The maximum Gasteiger partial charge on any atom is 0.260 e.